The lowest BCUT2D eigenvalue weighted by atomic mass is 9.95. The molecule has 0 aliphatic rings. The summed E-state index contributed by atoms with van der Waals surface area (Å²) in [6.45, 7) is 12.2. The topological polar surface area (TPSA) is 3.24 Å². The highest BCUT2D eigenvalue weighted by Gasteiger charge is 2.09. The van der Waals surface area contributed by atoms with Crippen molar-refractivity contribution in [3.05, 3.63) is 28.8 Å². The first-order chi connectivity index (χ1) is 6.97. The zero-order chi connectivity index (χ0) is 11.6. The largest absolute Gasteiger partial charge is 0.375 e. The Morgan fingerprint density at radius 2 is 1.73 bits per heavy atom. The molecular weight excluding hydrogens is 182 g/mol. The fourth-order valence-corrected chi connectivity index (χ4v) is 2.03. The van der Waals surface area contributed by atoms with Gasteiger partial charge in [-0.1, -0.05) is 19.9 Å². The molecule has 84 valence electrons. The van der Waals surface area contributed by atoms with Crippen molar-refractivity contribution >= 4 is 5.69 Å². The monoisotopic (exact) mass is 205 g/mol. The lowest BCUT2D eigenvalue weighted by Gasteiger charge is -2.22. The summed E-state index contributed by atoms with van der Waals surface area (Å²) in [6, 6.07) is 4.65. The fourth-order valence-electron chi connectivity index (χ4n) is 2.03. The molecule has 0 saturated carbocycles. The van der Waals surface area contributed by atoms with Crippen LogP contribution < -0.4 is 4.90 Å². The minimum absolute atomic E-state index is 0.615. The molecular formula is C14H23N. The third-order valence-corrected chi connectivity index (χ3v) is 3.09. The Kier molecular flexibility index (Phi) is 3.78. The predicted molar refractivity (Wildman–Crippen MR) is 68.9 cm³/mol. The molecule has 0 aliphatic heterocycles. The Hall–Kier alpha value is -0.980. The van der Waals surface area contributed by atoms with Crippen LogP contribution in [0.4, 0.5) is 5.69 Å². The first-order valence-electron chi connectivity index (χ1n) is 5.79. The molecule has 0 unspecified atom stereocenters. The van der Waals surface area contributed by atoms with E-state index in [1.165, 1.54) is 22.4 Å². The number of benzene rings is 1. The maximum absolute atomic E-state index is 2.33. The van der Waals surface area contributed by atoms with Crippen molar-refractivity contribution in [2.75, 3.05) is 18.5 Å². The molecule has 1 heteroatoms. The highest BCUT2D eigenvalue weighted by atomic mass is 15.1. The molecule has 0 atom stereocenters. The maximum Gasteiger partial charge on any atom is 0.0396 e. The molecule has 0 aromatic heterocycles. The van der Waals surface area contributed by atoms with Crippen LogP contribution in [0.3, 0.4) is 0 Å². The van der Waals surface area contributed by atoms with Crippen LogP contribution in [0.15, 0.2) is 12.1 Å². The number of hydrogen-bond donors (Lipinski definition) is 0. The van der Waals surface area contributed by atoms with E-state index in [0.717, 1.165) is 6.54 Å². The number of hydrogen-bond acceptors (Lipinski definition) is 1. The second-order valence-corrected chi connectivity index (χ2v) is 4.66. The molecule has 0 fully saturated rings. The summed E-state index contributed by atoms with van der Waals surface area (Å²) in [5.74, 6) is 0.615. The summed E-state index contributed by atoms with van der Waals surface area (Å²) < 4.78 is 0. The summed E-state index contributed by atoms with van der Waals surface area (Å²) in [5, 5.41) is 0. The van der Waals surface area contributed by atoms with E-state index in [4.69, 9.17) is 0 Å². The number of anilines is 1. The second kappa shape index (κ2) is 4.69. The quantitative estimate of drug-likeness (QED) is 0.723. The van der Waals surface area contributed by atoms with Gasteiger partial charge in [0, 0.05) is 19.3 Å². The zero-order valence-corrected chi connectivity index (χ0v) is 10.9. The molecule has 0 radical (unpaired) electrons. The number of rotatable bonds is 3. The van der Waals surface area contributed by atoms with Crippen molar-refractivity contribution < 1.29 is 0 Å². The van der Waals surface area contributed by atoms with E-state index in [0.29, 0.717) is 5.92 Å². The normalized spacial score (nSPS) is 10.9. The van der Waals surface area contributed by atoms with Crippen molar-refractivity contribution in [1.82, 2.24) is 0 Å². The van der Waals surface area contributed by atoms with E-state index < -0.39 is 0 Å². The van der Waals surface area contributed by atoms with Gasteiger partial charge in [-0.25, -0.2) is 0 Å². The average molecular weight is 205 g/mol. The van der Waals surface area contributed by atoms with Crippen LogP contribution in [-0.2, 0) is 0 Å². The summed E-state index contributed by atoms with van der Waals surface area (Å²) in [4.78, 5) is 2.30. The smallest absolute Gasteiger partial charge is 0.0396 e. The van der Waals surface area contributed by atoms with Gasteiger partial charge in [0.15, 0.2) is 0 Å². The van der Waals surface area contributed by atoms with Crippen LogP contribution in [-0.4, -0.2) is 13.6 Å². The lowest BCUT2D eigenvalue weighted by Crippen LogP contribution is -2.17. The van der Waals surface area contributed by atoms with E-state index >= 15 is 0 Å². The molecule has 1 aromatic rings. The molecule has 1 aromatic carbocycles. The van der Waals surface area contributed by atoms with Gasteiger partial charge in [0.2, 0.25) is 0 Å². The summed E-state index contributed by atoms with van der Waals surface area (Å²) in [7, 11) is 2.15. The molecule has 1 rings (SSSR count). The minimum atomic E-state index is 0.615. The Labute approximate surface area is 94.1 Å². The van der Waals surface area contributed by atoms with Crippen LogP contribution >= 0.6 is 0 Å². The SMILES string of the molecule is CCN(C)c1cc(C)c(C(C)C)cc1C. The van der Waals surface area contributed by atoms with Crippen molar-refractivity contribution in [3.8, 4) is 0 Å². The first kappa shape index (κ1) is 12.1. The van der Waals surface area contributed by atoms with Gasteiger partial charge < -0.3 is 4.90 Å². The van der Waals surface area contributed by atoms with Gasteiger partial charge in [-0.2, -0.15) is 0 Å². The highest BCUT2D eigenvalue weighted by molar-refractivity contribution is 5.56. The van der Waals surface area contributed by atoms with E-state index in [1.54, 1.807) is 0 Å². The lowest BCUT2D eigenvalue weighted by molar-refractivity contribution is 0.851. The van der Waals surface area contributed by atoms with Crippen LogP contribution in [0, 0.1) is 13.8 Å². The van der Waals surface area contributed by atoms with Crippen LogP contribution in [0.1, 0.15) is 43.4 Å². The Bertz CT molecular complexity index is 339. The van der Waals surface area contributed by atoms with E-state index in [-0.39, 0.29) is 0 Å². The molecule has 0 saturated heterocycles. The standard InChI is InChI=1S/C14H23N/c1-7-15(6)14-9-11(4)13(10(2)3)8-12(14)5/h8-10H,7H2,1-6H3. The Balaban J connectivity index is 3.19. The Morgan fingerprint density at radius 3 is 2.20 bits per heavy atom. The van der Waals surface area contributed by atoms with Crippen molar-refractivity contribution in [2.45, 2.75) is 40.5 Å². The van der Waals surface area contributed by atoms with Crippen LogP contribution in [0.2, 0.25) is 0 Å². The van der Waals surface area contributed by atoms with Crippen molar-refractivity contribution in [2.24, 2.45) is 0 Å². The summed E-state index contributed by atoms with van der Waals surface area (Å²) in [6.07, 6.45) is 0. The third kappa shape index (κ3) is 2.53. The van der Waals surface area contributed by atoms with Gasteiger partial charge in [0.25, 0.3) is 0 Å². The maximum atomic E-state index is 2.33. The molecule has 0 amide bonds. The molecule has 0 heterocycles. The summed E-state index contributed by atoms with van der Waals surface area (Å²) in [5.41, 5.74) is 5.62. The minimum Gasteiger partial charge on any atom is -0.375 e. The van der Waals surface area contributed by atoms with Crippen molar-refractivity contribution in [3.63, 3.8) is 0 Å². The average Bonchev–Trinajstić information content (AvgIpc) is 2.19. The number of aryl methyl sites for hydroxylation is 2. The molecule has 0 bridgehead atoms. The van der Waals surface area contributed by atoms with Gasteiger partial charge in [0.1, 0.15) is 0 Å². The molecule has 0 N–H and O–H groups in total. The fraction of sp³-hybridized carbons (Fsp3) is 0.571. The third-order valence-electron chi connectivity index (χ3n) is 3.09. The first-order valence-corrected chi connectivity index (χ1v) is 5.79. The van der Waals surface area contributed by atoms with Crippen molar-refractivity contribution in [1.29, 1.82) is 0 Å². The number of nitrogens with zero attached hydrogens (tertiary/aromatic N) is 1. The van der Waals surface area contributed by atoms with Gasteiger partial charge in [-0.3, -0.25) is 0 Å². The predicted octanol–water partition coefficient (Wildman–Crippen LogP) is 3.88. The second-order valence-electron chi connectivity index (χ2n) is 4.66. The van der Waals surface area contributed by atoms with Crippen LogP contribution in [0.25, 0.3) is 0 Å². The molecule has 0 spiro atoms. The van der Waals surface area contributed by atoms with Gasteiger partial charge >= 0.3 is 0 Å². The Morgan fingerprint density at radius 1 is 1.13 bits per heavy atom. The molecule has 1 nitrogen and oxygen atoms in total. The van der Waals surface area contributed by atoms with E-state index in [2.05, 4.69) is 58.7 Å². The van der Waals surface area contributed by atoms with Gasteiger partial charge in [-0.05, 0) is 49.4 Å². The highest BCUT2D eigenvalue weighted by Crippen LogP contribution is 2.27. The van der Waals surface area contributed by atoms with E-state index in [1.807, 2.05) is 0 Å². The zero-order valence-electron chi connectivity index (χ0n) is 10.9. The van der Waals surface area contributed by atoms with E-state index in [9.17, 15) is 0 Å². The van der Waals surface area contributed by atoms with Gasteiger partial charge in [0.05, 0.1) is 0 Å². The molecule has 0 aliphatic carbocycles. The molecule has 15 heavy (non-hydrogen) atoms. The van der Waals surface area contributed by atoms with Gasteiger partial charge in [-0.15, -0.1) is 0 Å². The van der Waals surface area contributed by atoms with Crippen LogP contribution in [0.5, 0.6) is 0 Å². The summed E-state index contributed by atoms with van der Waals surface area (Å²) >= 11 is 0.